The summed E-state index contributed by atoms with van der Waals surface area (Å²) in [5, 5.41) is 2.54. The van der Waals surface area contributed by atoms with Crippen LogP contribution in [0.1, 0.15) is 23.6 Å². The molecule has 5 aromatic carbocycles. The quantitative estimate of drug-likeness (QED) is 0.134. The van der Waals surface area contributed by atoms with Gasteiger partial charge in [-0.1, -0.05) is 152 Å². The van der Waals surface area contributed by atoms with Gasteiger partial charge >= 0.3 is 0 Å². The molecule has 0 saturated carbocycles. The SMILES string of the molecule is O=P(c1ccccc1)(c1ccccc1)N(CCCN1[C@H](c2ccccc2)[C@H]2C=CC=C[C@H]2[P@]1(=O)c1ccccc1)Cc1ccccc1. The van der Waals surface area contributed by atoms with Gasteiger partial charge in [-0.25, -0.2) is 9.34 Å². The van der Waals surface area contributed by atoms with Gasteiger partial charge in [0.2, 0.25) is 7.29 Å². The maximum absolute atomic E-state index is 15.7. The van der Waals surface area contributed by atoms with Crippen molar-refractivity contribution in [2.45, 2.75) is 24.7 Å². The normalized spacial score (nSPS) is 22.4. The molecule has 1 heterocycles. The zero-order valence-electron chi connectivity index (χ0n) is 26.4. The van der Waals surface area contributed by atoms with Crippen LogP contribution in [0.15, 0.2) is 176 Å². The molecule has 0 amide bonds. The van der Waals surface area contributed by atoms with Gasteiger partial charge in [-0.05, 0) is 41.8 Å². The molecular formula is C41H40N2O2P2. The summed E-state index contributed by atoms with van der Waals surface area (Å²) in [4.78, 5) is 0. The Balaban J connectivity index is 1.28. The number of hydrogen-bond acceptors (Lipinski definition) is 2. The highest BCUT2D eigenvalue weighted by molar-refractivity contribution is 7.76. The number of nitrogens with zero attached hydrogens (tertiary/aromatic N) is 2. The molecule has 7 rings (SSSR count). The van der Waals surface area contributed by atoms with Crippen LogP contribution in [0, 0.1) is 5.92 Å². The second-order valence-corrected chi connectivity index (χ2v) is 17.9. The fourth-order valence-corrected chi connectivity index (χ4v) is 14.0. The molecule has 6 heteroatoms. The minimum absolute atomic E-state index is 0.0361. The molecule has 4 nitrogen and oxygen atoms in total. The number of hydrogen-bond donors (Lipinski definition) is 0. The van der Waals surface area contributed by atoms with Gasteiger partial charge < -0.3 is 4.57 Å². The Morgan fingerprint density at radius 2 is 1.15 bits per heavy atom. The summed E-state index contributed by atoms with van der Waals surface area (Å²) in [7, 11) is -6.29. The standard InChI is InChI=1S/C41H40N2O2P2/c44-46(36-23-10-3-11-24-36,37-25-12-4-13-26-37)42(33-34-19-6-1-7-20-34)31-18-32-43-41(35-21-8-2-9-22-35)39-29-16-17-30-40(39)47(43,45)38-27-14-5-15-28-38/h1-17,19-30,39-41H,18,31-33H2/t39-,40+,41+,47+/m0/s1. The van der Waals surface area contributed by atoms with Crippen molar-refractivity contribution in [2.75, 3.05) is 13.1 Å². The van der Waals surface area contributed by atoms with Crippen molar-refractivity contribution >= 4 is 30.5 Å². The molecule has 236 valence electrons. The van der Waals surface area contributed by atoms with Crippen molar-refractivity contribution < 1.29 is 9.13 Å². The van der Waals surface area contributed by atoms with Gasteiger partial charge in [0, 0.05) is 47.5 Å². The van der Waals surface area contributed by atoms with Crippen LogP contribution in [0.2, 0.25) is 0 Å². The molecular weight excluding hydrogens is 614 g/mol. The molecule has 4 atom stereocenters. The van der Waals surface area contributed by atoms with Gasteiger partial charge in [-0.2, -0.15) is 0 Å². The number of rotatable bonds is 11. The van der Waals surface area contributed by atoms with Crippen molar-refractivity contribution in [3.05, 3.63) is 187 Å². The Kier molecular flexibility index (Phi) is 9.39. The van der Waals surface area contributed by atoms with E-state index in [4.69, 9.17) is 0 Å². The highest BCUT2D eigenvalue weighted by atomic mass is 31.2. The van der Waals surface area contributed by atoms with E-state index in [0.717, 1.165) is 21.5 Å². The van der Waals surface area contributed by atoms with Gasteiger partial charge in [0.25, 0.3) is 0 Å². The van der Waals surface area contributed by atoms with Gasteiger partial charge in [-0.15, -0.1) is 0 Å². The first-order valence-corrected chi connectivity index (χ1v) is 19.8. The molecule has 0 spiro atoms. The molecule has 0 bridgehead atoms. The third-order valence-electron chi connectivity index (χ3n) is 9.51. The highest BCUT2D eigenvalue weighted by Gasteiger charge is 2.55. The summed E-state index contributed by atoms with van der Waals surface area (Å²) >= 11 is 0. The van der Waals surface area contributed by atoms with E-state index < -0.39 is 14.6 Å². The molecule has 1 aliphatic heterocycles. The van der Waals surface area contributed by atoms with Crippen LogP contribution in [0.3, 0.4) is 0 Å². The predicted molar refractivity (Wildman–Crippen MR) is 196 cm³/mol. The molecule has 2 aliphatic rings. The second-order valence-electron chi connectivity index (χ2n) is 12.3. The highest BCUT2D eigenvalue weighted by Crippen LogP contribution is 2.68. The smallest absolute Gasteiger partial charge is 0.207 e. The van der Waals surface area contributed by atoms with Crippen molar-refractivity contribution in [1.82, 2.24) is 9.34 Å². The van der Waals surface area contributed by atoms with Gasteiger partial charge in [0.05, 0.1) is 5.66 Å². The predicted octanol–water partition coefficient (Wildman–Crippen LogP) is 8.58. The monoisotopic (exact) mass is 654 g/mol. The Bertz CT molecular complexity index is 1870. The van der Waals surface area contributed by atoms with Crippen molar-refractivity contribution in [3.8, 4) is 0 Å². The first kappa shape index (κ1) is 31.6. The number of fused-ring (bicyclic) bond motifs is 1. The first-order valence-electron chi connectivity index (χ1n) is 16.4. The van der Waals surface area contributed by atoms with E-state index in [1.807, 2.05) is 115 Å². The Morgan fingerprint density at radius 1 is 0.638 bits per heavy atom. The molecule has 0 N–H and O–H groups in total. The fourth-order valence-electron chi connectivity index (χ4n) is 7.37. The molecule has 1 aliphatic carbocycles. The first-order chi connectivity index (χ1) is 23.1. The van der Waals surface area contributed by atoms with Crippen molar-refractivity contribution in [3.63, 3.8) is 0 Å². The molecule has 5 aromatic rings. The fraction of sp³-hybridized carbons (Fsp3) is 0.171. The van der Waals surface area contributed by atoms with Crippen molar-refractivity contribution in [1.29, 1.82) is 0 Å². The van der Waals surface area contributed by atoms with Crippen LogP contribution in [0.25, 0.3) is 0 Å². The zero-order valence-corrected chi connectivity index (χ0v) is 28.2. The van der Waals surface area contributed by atoms with Gasteiger partial charge in [-0.3, -0.25) is 4.57 Å². The number of allylic oxidation sites excluding steroid dienone is 3. The van der Waals surface area contributed by atoms with Crippen LogP contribution in [0.5, 0.6) is 0 Å². The average molecular weight is 655 g/mol. The summed E-state index contributed by atoms with van der Waals surface area (Å²) in [6.07, 6.45) is 9.27. The Labute approximate surface area is 278 Å². The van der Waals surface area contributed by atoms with Crippen LogP contribution >= 0.6 is 14.6 Å². The average Bonchev–Trinajstić information content (AvgIpc) is 3.41. The summed E-state index contributed by atoms with van der Waals surface area (Å²) in [6, 6.07) is 50.6. The van der Waals surface area contributed by atoms with Crippen LogP contribution < -0.4 is 15.9 Å². The minimum Gasteiger partial charge on any atom is -0.301 e. The summed E-state index contributed by atoms with van der Waals surface area (Å²) in [5.41, 5.74) is 2.18. The second kappa shape index (κ2) is 14.0. The summed E-state index contributed by atoms with van der Waals surface area (Å²) < 4.78 is 35.8. The van der Waals surface area contributed by atoms with E-state index >= 15 is 9.13 Å². The molecule has 0 aromatic heterocycles. The lowest BCUT2D eigenvalue weighted by molar-refractivity contribution is 0.295. The molecule has 0 unspecified atom stereocenters. The largest absolute Gasteiger partial charge is 0.301 e. The maximum atomic E-state index is 15.7. The Morgan fingerprint density at radius 3 is 1.74 bits per heavy atom. The molecule has 1 fully saturated rings. The molecule has 1 saturated heterocycles. The van der Waals surface area contributed by atoms with Gasteiger partial charge in [0.15, 0.2) is 7.29 Å². The lowest BCUT2D eigenvalue weighted by Gasteiger charge is -2.35. The van der Waals surface area contributed by atoms with E-state index in [2.05, 4.69) is 70.0 Å². The summed E-state index contributed by atoms with van der Waals surface area (Å²) in [6.45, 7) is 1.72. The Hall–Kier alpha value is -4.04. The minimum atomic E-state index is -3.23. The van der Waals surface area contributed by atoms with Crippen LogP contribution in [0.4, 0.5) is 0 Å². The van der Waals surface area contributed by atoms with Crippen LogP contribution in [-0.4, -0.2) is 28.1 Å². The van der Waals surface area contributed by atoms with Crippen molar-refractivity contribution in [2.24, 2.45) is 5.92 Å². The van der Waals surface area contributed by atoms with E-state index in [-0.39, 0.29) is 17.6 Å². The zero-order chi connectivity index (χ0) is 32.1. The lowest BCUT2D eigenvalue weighted by atomic mass is 9.87. The topological polar surface area (TPSA) is 40.6 Å². The third-order valence-corrected chi connectivity index (χ3v) is 16.2. The van der Waals surface area contributed by atoms with E-state index in [1.165, 1.54) is 5.56 Å². The molecule has 47 heavy (non-hydrogen) atoms. The lowest BCUT2D eigenvalue weighted by Crippen LogP contribution is -2.35. The van der Waals surface area contributed by atoms with E-state index in [1.54, 1.807) is 0 Å². The number of benzene rings is 5. The maximum Gasteiger partial charge on any atom is 0.207 e. The van der Waals surface area contributed by atoms with E-state index in [0.29, 0.717) is 26.1 Å². The summed E-state index contributed by atoms with van der Waals surface area (Å²) in [5.74, 6) is 0.0913. The molecule has 0 radical (unpaired) electrons. The third kappa shape index (κ3) is 6.08. The van der Waals surface area contributed by atoms with E-state index in [9.17, 15) is 0 Å². The van der Waals surface area contributed by atoms with Crippen LogP contribution in [-0.2, 0) is 15.7 Å². The van der Waals surface area contributed by atoms with Gasteiger partial charge in [0.1, 0.15) is 0 Å².